The molecule has 170 valence electrons. The average molecular weight is 462 g/mol. The molecule has 32 heavy (non-hydrogen) atoms. The van der Waals surface area contributed by atoms with Crippen LogP contribution < -0.4 is 15.4 Å². The Hall–Kier alpha value is -2.98. The van der Waals surface area contributed by atoms with E-state index in [1.165, 1.54) is 28.6 Å². The van der Waals surface area contributed by atoms with Gasteiger partial charge in [0.05, 0.1) is 16.5 Å². The highest BCUT2D eigenvalue weighted by Gasteiger charge is 2.35. The standard InChI is InChI=1S/C22H24FN3O5S/c1-13-9-18-19(31-14(2)21(27)25-18)11-20(13)32(29,30)26-8-4-5-15(12-26)22(28)24-17-7-3-6-16(23)10-17/h3,6-7,9-11,14-15H,4-5,8,12H2,1-2H3,(H,24,28)(H,25,27)/t14-,15-/m0/s1. The van der Waals surface area contributed by atoms with Gasteiger partial charge in [0, 0.05) is 24.8 Å². The molecule has 2 aromatic rings. The first-order valence-corrected chi connectivity index (χ1v) is 11.8. The summed E-state index contributed by atoms with van der Waals surface area (Å²) >= 11 is 0. The van der Waals surface area contributed by atoms with Crippen molar-refractivity contribution in [1.82, 2.24) is 4.31 Å². The quantitative estimate of drug-likeness (QED) is 0.729. The number of amides is 2. The number of anilines is 2. The monoisotopic (exact) mass is 461 g/mol. The lowest BCUT2D eigenvalue weighted by Crippen LogP contribution is -2.44. The van der Waals surface area contributed by atoms with Crippen LogP contribution in [-0.2, 0) is 19.6 Å². The van der Waals surface area contributed by atoms with Gasteiger partial charge in [0.25, 0.3) is 5.91 Å². The molecule has 2 aliphatic heterocycles. The maximum atomic E-state index is 13.4. The van der Waals surface area contributed by atoms with E-state index in [-0.39, 0.29) is 29.8 Å². The number of halogens is 1. The van der Waals surface area contributed by atoms with E-state index < -0.39 is 27.9 Å². The predicted octanol–water partition coefficient (Wildman–Crippen LogP) is 2.89. The fraction of sp³-hybridized carbons (Fsp3) is 0.364. The maximum absolute atomic E-state index is 13.4. The number of carbonyl (C=O) groups excluding carboxylic acids is 2. The lowest BCUT2D eigenvalue weighted by Gasteiger charge is -2.32. The van der Waals surface area contributed by atoms with Crippen molar-refractivity contribution >= 4 is 33.2 Å². The second-order valence-corrected chi connectivity index (χ2v) is 9.97. The molecule has 0 saturated carbocycles. The molecular formula is C22H24FN3O5S. The number of benzene rings is 2. The van der Waals surface area contributed by atoms with Crippen LogP contribution in [0, 0.1) is 18.7 Å². The van der Waals surface area contributed by atoms with E-state index in [1.807, 2.05) is 0 Å². The summed E-state index contributed by atoms with van der Waals surface area (Å²) < 4.78 is 47.1. The normalized spacial score (nSPS) is 21.3. The van der Waals surface area contributed by atoms with Gasteiger partial charge in [0.2, 0.25) is 15.9 Å². The van der Waals surface area contributed by atoms with Gasteiger partial charge in [0.15, 0.2) is 6.10 Å². The Bertz CT molecular complexity index is 1180. The minimum absolute atomic E-state index is 0.0218. The highest BCUT2D eigenvalue weighted by molar-refractivity contribution is 7.89. The number of hydrogen-bond donors (Lipinski definition) is 2. The van der Waals surface area contributed by atoms with Crippen molar-refractivity contribution in [3.05, 3.63) is 47.8 Å². The first-order chi connectivity index (χ1) is 15.1. The second-order valence-electron chi connectivity index (χ2n) is 8.06. The van der Waals surface area contributed by atoms with Crippen molar-refractivity contribution in [1.29, 1.82) is 0 Å². The number of nitrogens with one attached hydrogen (secondary N) is 2. The fourth-order valence-electron chi connectivity index (χ4n) is 3.95. The third kappa shape index (κ3) is 4.33. The lowest BCUT2D eigenvalue weighted by atomic mass is 9.99. The summed E-state index contributed by atoms with van der Waals surface area (Å²) in [6.07, 6.45) is 0.323. The van der Waals surface area contributed by atoms with Crippen LogP contribution >= 0.6 is 0 Å². The van der Waals surface area contributed by atoms with Crippen LogP contribution in [0.4, 0.5) is 15.8 Å². The molecule has 4 rings (SSSR count). The molecule has 1 fully saturated rings. The largest absolute Gasteiger partial charge is 0.479 e. The Morgan fingerprint density at radius 1 is 1.28 bits per heavy atom. The molecule has 0 radical (unpaired) electrons. The summed E-state index contributed by atoms with van der Waals surface area (Å²) in [4.78, 5) is 24.6. The first kappa shape index (κ1) is 22.2. The van der Waals surface area contributed by atoms with Gasteiger partial charge in [-0.3, -0.25) is 9.59 Å². The SMILES string of the molecule is Cc1cc2c(cc1S(=O)(=O)N1CCC[C@H](C(=O)Nc3cccc(F)c3)C1)O[C@@H](C)C(=O)N2. The lowest BCUT2D eigenvalue weighted by molar-refractivity contribution is -0.123. The van der Waals surface area contributed by atoms with Crippen LogP contribution in [0.1, 0.15) is 25.3 Å². The summed E-state index contributed by atoms with van der Waals surface area (Å²) in [7, 11) is -3.90. The van der Waals surface area contributed by atoms with Gasteiger partial charge in [-0.2, -0.15) is 4.31 Å². The van der Waals surface area contributed by atoms with Crippen molar-refractivity contribution in [2.75, 3.05) is 23.7 Å². The third-order valence-electron chi connectivity index (χ3n) is 5.67. The fourth-order valence-corrected chi connectivity index (χ4v) is 5.69. The highest BCUT2D eigenvalue weighted by atomic mass is 32.2. The molecule has 8 nitrogen and oxygen atoms in total. The van der Waals surface area contributed by atoms with E-state index in [9.17, 15) is 22.4 Å². The molecule has 2 aromatic carbocycles. The second kappa shape index (κ2) is 8.51. The van der Waals surface area contributed by atoms with Gasteiger partial charge >= 0.3 is 0 Å². The zero-order valence-electron chi connectivity index (χ0n) is 17.7. The van der Waals surface area contributed by atoms with Crippen LogP contribution in [0.25, 0.3) is 0 Å². The summed E-state index contributed by atoms with van der Waals surface area (Å²) in [5.74, 6) is -1.38. The van der Waals surface area contributed by atoms with Gasteiger partial charge < -0.3 is 15.4 Å². The smallest absolute Gasteiger partial charge is 0.265 e. The summed E-state index contributed by atoms with van der Waals surface area (Å²) in [5.41, 5.74) is 1.22. The van der Waals surface area contributed by atoms with Gasteiger partial charge in [-0.05, 0) is 56.5 Å². The van der Waals surface area contributed by atoms with Crippen molar-refractivity contribution in [3.63, 3.8) is 0 Å². The van der Waals surface area contributed by atoms with E-state index in [2.05, 4.69) is 10.6 Å². The van der Waals surface area contributed by atoms with Gasteiger partial charge in [-0.15, -0.1) is 0 Å². The van der Waals surface area contributed by atoms with E-state index in [0.717, 1.165) is 0 Å². The molecule has 10 heteroatoms. The molecule has 2 aliphatic rings. The first-order valence-electron chi connectivity index (χ1n) is 10.3. The summed E-state index contributed by atoms with van der Waals surface area (Å²) in [6.45, 7) is 3.54. The van der Waals surface area contributed by atoms with Gasteiger partial charge in [0.1, 0.15) is 11.6 Å². The van der Waals surface area contributed by atoms with Crippen molar-refractivity contribution in [2.45, 2.75) is 37.7 Å². The molecule has 2 atom stereocenters. The molecule has 2 amide bonds. The Kier molecular flexibility index (Phi) is 5.91. The Labute approximate surface area is 185 Å². The van der Waals surface area contributed by atoms with E-state index >= 15 is 0 Å². The predicted molar refractivity (Wildman–Crippen MR) is 116 cm³/mol. The molecule has 0 bridgehead atoms. The zero-order chi connectivity index (χ0) is 23.0. The molecule has 2 heterocycles. The number of sulfonamides is 1. The number of ether oxygens (including phenoxy) is 1. The average Bonchev–Trinajstić information content (AvgIpc) is 2.74. The van der Waals surface area contributed by atoms with Crippen LogP contribution in [-0.4, -0.2) is 43.7 Å². The minimum Gasteiger partial charge on any atom is -0.479 e. The molecule has 0 unspecified atom stereocenters. The Morgan fingerprint density at radius 2 is 2.06 bits per heavy atom. The number of fused-ring (bicyclic) bond motifs is 1. The third-order valence-corrected chi connectivity index (χ3v) is 7.68. The van der Waals surface area contributed by atoms with Crippen molar-refractivity contribution < 1.29 is 27.1 Å². The molecular weight excluding hydrogens is 437 g/mol. The van der Waals surface area contributed by atoms with Crippen LogP contribution in [0.5, 0.6) is 5.75 Å². The van der Waals surface area contributed by atoms with Gasteiger partial charge in [-0.1, -0.05) is 6.07 Å². The number of hydrogen-bond acceptors (Lipinski definition) is 5. The number of rotatable bonds is 4. The minimum atomic E-state index is -3.90. The van der Waals surface area contributed by atoms with E-state index in [1.54, 1.807) is 26.0 Å². The van der Waals surface area contributed by atoms with Crippen LogP contribution in [0.15, 0.2) is 41.3 Å². The van der Waals surface area contributed by atoms with Crippen molar-refractivity contribution in [2.24, 2.45) is 5.92 Å². The molecule has 0 aromatic heterocycles. The van der Waals surface area contributed by atoms with E-state index in [0.29, 0.717) is 35.5 Å². The topological polar surface area (TPSA) is 105 Å². The Morgan fingerprint density at radius 3 is 2.81 bits per heavy atom. The van der Waals surface area contributed by atoms with Crippen molar-refractivity contribution in [3.8, 4) is 5.75 Å². The van der Waals surface area contributed by atoms with Crippen LogP contribution in [0.2, 0.25) is 0 Å². The number of piperidine rings is 1. The highest BCUT2D eigenvalue weighted by Crippen LogP contribution is 2.36. The Balaban J connectivity index is 1.54. The number of carbonyl (C=O) groups is 2. The van der Waals surface area contributed by atoms with E-state index in [4.69, 9.17) is 4.74 Å². The van der Waals surface area contributed by atoms with Crippen LogP contribution in [0.3, 0.4) is 0 Å². The molecule has 1 saturated heterocycles. The zero-order valence-corrected chi connectivity index (χ0v) is 18.5. The number of nitrogens with zero attached hydrogens (tertiary/aromatic N) is 1. The number of aryl methyl sites for hydroxylation is 1. The molecule has 0 spiro atoms. The maximum Gasteiger partial charge on any atom is 0.265 e. The molecule has 2 N–H and O–H groups in total. The van der Waals surface area contributed by atoms with Gasteiger partial charge in [-0.25, -0.2) is 12.8 Å². The molecule has 0 aliphatic carbocycles. The summed E-state index contributed by atoms with van der Waals surface area (Å²) in [5, 5.41) is 5.37. The summed E-state index contributed by atoms with van der Waals surface area (Å²) in [6, 6.07) is 8.56.